The third kappa shape index (κ3) is 1.90. The van der Waals surface area contributed by atoms with E-state index in [0.29, 0.717) is 5.82 Å². The van der Waals surface area contributed by atoms with Gasteiger partial charge in [0.2, 0.25) is 5.91 Å². The molecule has 0 spiro atoms. The molecule has 0 aliphatic rings. The Labute approximate surface area is 80.6 Å². The standard InChI is InChI=1S/C8H11N3O3/c1-5-10-3-6(8(13)14)11(5)4-7(12)9-2/h3H,4H2,1-2H3,(H,9,12)(H,13,14). The highest BCUT2D eigenvalue weighted by Crippen LogP contribution is 2.04. The second-order valence-corrected chi connectivity index (χ2v) is 2.76. The number of imidazole rings is 1. The Morgan fingerprint density at radius 1 is 1.64 bits per heavy atom. The number of carbonyl (C=O) groups is 2. The molecule has 0 aromatic carbocycles. The van der Waals surface area contributed by atoms with Crippen LogP contribution in [0.4, 0.5) is 0 Å². The molecular formula is C8H11N3O3. The molecule has 2 N–H and O–H groups in total. The van der Waals surface area contributed by atoms with Gasteiger partial charge in [-0.3, -0.25) is 4.79 Å². The van der Waals surface area contributed by atoms with E-state index in [1.165, 1.54) is 17.8 Å². The largest absolute Gasteiger partial charge is 0.477 e. The summed E-state index contributed by atoms with van der Waals surface area (Å²) in [4.78, 5) is 25.6. The molecule has 14 heavy (non-hydrogen) atoms. The number of likely N-dealkylation sites (N-methyl/N-ethyl adjacent to an activating group) is 1. The van der Waals surface area contributed by atoms with Gasteiger partial charge in [-0.25, -0.2) is 9.78 Å². The van der Waals surface area contributed by atoms with Gasteiger partial charge in [0, 0.05) is 7.05 Å². The summed E-state index contributed by atoms with van der Waals surface area (Å²) in [6.07, 6.45) is 1.24. The van der Waals surface area contributed by atoms with Crippen molar-refractivity contribution >= 4 is 11.9 Å². The first-order valence-corrected chi connectivity index (χ1v) is 4.02. The van der Waals surface area contributed by atoms with Crippen LogP contribution in [0.1, 0.15) is 16.3 Å². The summed E-state index contributed by atoms with van der Waals surface area (Å²) in [6, 6.07) is 0. The van der Waals surface area contributed by atoms with E-state index >= 15 is 0 Å². The maximum Gasteiger partial charge on any atom is 0.354 e. The molecule has 0 fully saturated rings. The first-order valence-electron chi connectivity index (χ1n) is 4.02. The fourth-order valence-electron chi connectivity index (χ4n) is 1.06. The zero-order valence-electron chi connectivity index (χ0n) is 7.94. The molecule has 6 nitrogen and oxygen atoms in total. The Hall–Kier alpha value is -1.85. The number of nitrogens with one attached hydrogen (secondary N) is 1. The van der Waals surface area contributed by atoms with Crippen molar-refractivity contribution < 1.29 is 14.7 Å². The molecule has 76 valence electrons. The number of aromatic nitrogens is 2. The van der Waals surface area contributed by atoms with Crippen LogP contribution in [-0.4, -0.2) is 33.6 Å². The number of carboxylic acids is 1. The minimum absolute atomic E-state index is 0.0195. The first-order chi connectivity index (χ1) is 6.56. The van der Waals surface area contributed by atoms with Gasteiger partial charge in [-0.15, -0.1) is 0 Å². The number of aromatic carboxylic acids is 1. The van der Waals surface area contributed by atoms with E-state index in [4.69, 9.17) is 5.11 Å². The maximum atomic E-state index is 11.1. The van der Waals surface area contributed by atoms with Crippen molar-refractivity contribution in [3.05, 3.63) is 17.7 Å². The summed E-state index contributed by atoms with van der Waals surface area (Å²) in [5.41, 5.74) is 0.0195. The Morgan fingerprint density at radius 3 is 2.79 bits per heavy atom. The SMILES string of the molecule is CNC(=O)Cn1c(C(=O)O)cnc1C. The molecule has 0 aliphatic carbocycles. The molecule has 1 aromatic heterocycles. The zero-order chi connectivity index (χ0) is 10.7. The minimum atomic E-state index is -1.09. The number of aryl methyl sites for hydroxylation is 1. The summed E-state index contributed by atoms with van der Waals surface area (Å²) in [7, 11) is 1.50. The summed E-state index contributed by atoms with van der Waals surface area (Å²) in [6.45, 7) is 1.62. The average molecular weight is 197 g/mol. The molecule has 6 heteroatoms. The van der Waals surface area contributed by atoms with Crippen LogP contribution in [0.25, 0.3) is 0 Å². The summed E-state index contributed by atoms with van der Waals surface area (Å²) >= 11 is 0. The molecule has 0 bridgehead atoms. The van der Waals surface area contributed by atoms with Crippen LogP contribution in [0, 0.1) is 6.92 Å². The lowest BCUT2D eigenvalue weighted by Gasteiger charge is -2.05. The van der Waals surface area contributed by atoms with Gasteiger partial charge in [0.1, 0.15) is 18.1 Å². The van der Waals surface area contributed by atoms with Gasteiger partial charge in [0.25, 0.3) is 0 Å². The van der Waals surface area contributed by atoms with E-state index < -0.39 is 5.97 Å². The van der Waals surface area contributed by atoms with Gasteiger partial charge in [0.15, 0.2) is 0 Å². The summed E-state index contributed by atoms with van der Waals surface area (Å²) in [5.74, 6) is -0.839. The van der Waals surface area contributed by atoms with Crippen molar-refractivity contribution in [3.63, 3.8) is 0 Å². The molecule has 0 atom stereocenters. The van der Waals surface area contributed by atoms with Crippen molar-refractivity contribution in [2.24, 2.45) is 0 Å². The van der Waals surface area contributed by atoms with E-state index in [1.807, 2.05) is 0 Å². The first kappa shape index (κ1) is 10.2. The second-order valence-electron chi connectivity index (χ2n) is 2.76. The van der Waals surface area contributed by atoms with Crippen molar-refractivity contribution in [1.29, 1.82) is 0 Å². The summed E-state index contributed by atoms with van der Waals surface area (Å²) in [5, 5.41) is 11.2. The molecule has 0 saturated carbocycles. The molecule has 1 rings (SSSR count). The number of rotatable bonds is 3. The lowest BCUT2D eigenvalue weighted by atomic mass is 10.4. The number of carbonyl (C=O) groups excluding carboxylic acids is 1. The molecule has 0 unspecified atom stereocenters. The lowest BCUT2D eigenvalue weighted by Crippen LogP contribution is -2.25. The van der Waals surface area contributed by atoms with Crippen molar-refractivity contribution in [2.75, 3.05) is 7.05 Å². The highest BCUT2D eigenvalue weighted by Gasteiger charge is 2.14. The van der Waals surface area contributed by atoms with Crippen molar-refractivity contribution in [2.45, 2.75) is 13.5 Å². The number of hydrogen-bond donors (Lipinski definition) is 2. The molecule has 1 heterocycles. The van der Waals surface area contributed by atoms with Crippen LogP contribution in [0.15, 0.2) is 6.20 Å². The molecule has 0 aliphatic heterocycles. The van der Waals surface area contributed by atoms with E-state index in [1.54, 1.807) is 6.92 Å². The molecule has 1 amide bonds. The van der Waals surface area contributed by atoms with E-state index in [-0.39, 0.29) is 18.1 Å². The quantitative estimate of drug-likeness (QED) is 0.692. The second kappa shape index (κ2) is 3.91. The van der Waals surface area contributed by atoms with Crippen LogP contribution in [0.2, 0.25) is 0 Å². The van der Waals surface area contributed by atoms with Crippen molar-refractivity contribution in [3.8, 4) is 0 Å². The Kier molecular flexibility index (Phi) is 2.85. The van der Waals surface area contributed by atoms with Crippen LogP contribution in [0.5, 0.6) is 0 Å². The number of nitrogens with zero attached hydrogens (tertiary/aromatic N) is 2. The third-order valence-electron chi connectivity index (χ3n) is 1.85. The lowest BCUT2D eigenvalue weighted by molar-refractivity contribution is -0.121. The monoisotopic (exact) mass is 197 g/mol. The molecule has 0 saturated heterocycles. The van der Waals surface area contributed by atoms with Gasteiger partial charge >= 0.3 is 5.97 Å². The van der Waals surface area contributed by atoms with Crippen molar-refractivity contribution in [1.82, 2.24) is 14.9 Å². The molecule has 0 radical (unpaired) electrons. The predicted octanol–water partition coefficient (Wildman–Crippen LogP) is -0.364. The van der Waals surface area contributed by atoms with E-state index in [9.17, 15) is 9.59 Å². The fourth-order valence-corrected chi connectivity index (χ4v) is 1.06. The Balaban J connectivity index is 2.99. The third-order valence-corrected chi connectivity index (χ3v) is 1.85. The predicted molar refractivity (Wildman–Crippen MR) is 48.0 cm³/mol. The topological polar surface area (TPSA) is 84.2 Å². The maximum absolute atomic E-state index is 11.1. The molecular weight excluding hydrogens is 186 g/mol. The highest BCUT2D eigenvalue weighted by atomic mass is 16.4. The van der Waals surface area contributed by atoms with Crippen LogP contribution < -0.4 is 5.32 Å². The molecule has 1 aromatic rings. The van der Waals surface area contributed by atoms with Gasteiger partial charge in [-0.1, -0.05) is 0 Å². The van der Waals surface area contributed by atoms with E-state index in [0.717, 1.165) is 0 Å². The van der Waals surface area contributed by atoms with Gasteiger partial charge in [-0.05, 0) is 6.92 Å². The van der Waals surface area contributed by atoms with Crippen LogP contribution in [0.3, 0.4) is 0 Å². The van der Waals surface area contributed by atoms with Gasteiger partial charge in [-0.2, -0.15) is 0 Å². The normalized spacial score (nSPS) is 9.86. The zero-order valence-corrected chi connectivity index (χ0v) is 7.94. The number of amides is 1. The minimum Gasteiger partial charge on any atom is -0.477 e. The van der Waals surface area contributed by atoms with Crippen LogP contribution in [-0.2, 0) is 11.3 Å². The average Bonchev–Trinajstić information content (AvgIpc) is 2.48. The Bertz CT molecular complexity index is 370. The van der Waals surface area contributed by atoms with E-state index in [2.05, 4.69) is 10.3 Å². The van der Waals surface area contributed by atoms with Crippen LogP contribution >= 0.6 is 0 Å². The highest BCUT2D eigenvalue weighted by molar-refractivity contribution is 5.86. The van der Waals surface area contributed by atoms with Gasteiger partial charge < -0.3 is 15.0 Å². The van der Waals surface area contributed by atoms with Gasteiger partial charge in [0.05, 0.1) is 6.20 Å². The smallest absolute Gasteiger partial charge is 0.354 e. The Morgan fingerprint density at radius 2 is 2.29 bits per heavy atom. The number of hydrogen-bond acceptors (Lipinski definition) is 3. The summed E-state index contributed by atoms with van der Waals surface area (Å²) < 4.78 is 1.35. The number of carboxylic acid groups (broad SMARTS) is 1. The fraction of sp³-hybridized carbons (Fsp3) is 0.375.